The SMILES string of the molecule is CC(CN)N1CCN(S(=O)(=O)N2CCCCCC2)CC1. The zero-order chi connectivity index (χ0) is 14.6. The van der Waals surface area contributed by atoms with Crippen LogP contribution in [0.25, 0.3) is 0 Å². The van der Waals surface area contributed by atoms with Crippen molar-refractivity contribution >= 4 is 10.2 Å². The van der Waals surface area contributed by atoms with Crippen molar-refractivity contribution in [2.24, 2.45) is 5.73 Å². The third-order valence-corrected chi connectivity index (χ3v) is 6.49. The summed E-state index contributed by atoms with van der Waals surface area (Å²) in [5, 5.41) is 0. The van der Waals surface area contributed by atoms with E-state index in [2.05, 4.69) is 11.8 Å². The molecule has 2 N–H and O–H groups in total. The summed E-state index contributed by atoms with van der Waals surface area (Å²) in [6.45, 7) is 6.82. The summed E-state index contributed by atoms with van der Waals surface area (Å²) in [6.07, 6.45) is 4.27. The highest BCUT2D eigenvalue weighted by Crippen LogP contribution is 2.18. The van der Waals surface area contributed by atoms with Crippen LogP contribution >= 0.6 is 0 Å². The summed E-state index contributed by atoms with van der Waals surface area (Å²) < 4.78 is 28.6. The van der Waals surface area contributed by atoms with Crippen LogP contribution < -0.4 is 5.73 Å². The highest BCUT2D eigenvalue weighted by molar-refractivity contribution is 7.86. The van der Waals surface area contributed by atoms with Crippen LogP contribution in [-0.4, -0.2) is 73.8 Å². The lowest BCUT2D eigenvalue weighted by Gasteiger charge is -2.38. The van der Waals surface area contributed by atoms with Gasteiger partial charge in [-0.3, -0.25) is 4.90 Å². The Bertz CT molecular complexity index is 385. The Balaban J connectivity index is 1.94. The van der Waals surface area contributed by atoms with Crippen LogP contribution in [0.1, 0.15) is 32.6 Å². The van der Waals surface area contributed by atoms with Gasteiger partial charge < -0.3 is 5.73 Å². The Morgan fingerprint density at radius 1 is 0.900 bits per heavy atom. The molecule has 2 fully saturated rings. The van der Waals surface area contributed by atoms with E-state index in [-0.39, 0.29) is 0 Å². The molecule has 1 atom stereocenters. The first-order chi connectivity index (χ1) is 9.55. The lowest BCUT2D eigenvalue weighted by Crippen LogP contribution is -2.55. The van der Waals surface area contributed by atoms with Gasteiger partial charge in [0.1, 0.15) is 0 Å². The molecule has 0 aliphatic carbocycles. The zero-order valence-electron chi connectivity index (χ0n) is 12.5. The molecule has 7 heteroatoms. The molecule has 2 aliphatic heterocycles. The molecule has 0 bridgehead atoms. The van der Waals surface area contributed by atoms with Crippen molar-refractivity contribution < 1.29 is 8.42 Å². The van der Waals surface area contributed by atoms with Crippen molar-refractivity contribution in [1.82, 2.24) is 13.5 Å². The molecule has 6 nitrogen and oxygen atoms in total. The molecule has 0 radical (unpaired) electrons. The van der Waals surface area contributed by atoms with Crippen molar-refractivity contribution in [1.29, 1.82) is 0 Å². The van der Waals surface area contributed by atoms with Gasteiger partial charge in [0.2, 0.25) is 0 Å². The van der Waals surface area contributed by atoms with Gasteiger partial charge in [-0.1, -0.05) is 12.8 Å². The largest absolute Gasteiger partial charge is 0.329 e. The topological polar surface area (TPSA) is 69.9 Å². The van der Waals surface area contributed by atoms with Gasteiger partial charge in [-0.15, -0.1) is 0 Å². The molecule has 0 aromatic carbocycles. The van der Waals surface area contributed by atoms with Crippen molar-refractivity contribution in [3.05, 3.63) is 0 Å². The maximum Gasteiger partial charge on any atom is 0.282 e. The van der Waals surface area contributed by atoms with E-state index in [0.29, 0.717) is 38.8 Å². The van der Waals surface area contributed by atoms with E-state index in [1.165, 1.54) is 0 Å². The molecular weight excluding hydrogens is 276 g/mol. The third-order valence-electron chi connectivity index (χ3n) is 4.46. The number of rotatable bonds is 4. The van der Waals surface area contributed by atoms with Crippen molar-refractivity contribution in [2.75, 3.05) is 45.8 Å². The molecule has 0 saturated carbocycles. The molecular formula is C13H28N4O2S. The van der Waals surface area contributed by atoms with Crippen LogP contribution in [0, 0.1) is 0 Å². The molecule has 118 valence electrons. The molecule has 0 spiro atoms. The van der Waals surface area contributed by atoms with Gasteiger partial charge >= 0.3 is 0 Å². The number of hydrogen-bond acceptors (Lipinski definition) is 4. The van der Waals surface area contributed by atoms with E-state index < -0.39 is 10.2 Å². The monoisotopic (exact) mass is 304 g/mol. The quantitative estimate of drug-likeness (QED) is 0.798. The van der Waals surface area contributed by atoms with Crippen molar-refractivity contribution in [3.8, 4) is 0 Å². The summed E-state index contributed by atoms with van der Waals surface area (Å²) >= 11 is 0. The Morgan fingerprint density at radius 3 is 1.90 bits per heavy atom. The van der Waals surface area contributed by atoms with E-state index in [4.69, 9.17) is 5.73 Å². The minimum atomic E-state index is -3.26. The molecule has 0 aromatic rings. The number of nitrogens with zero attached hydrogens (tertiary/aromatic N) is 3. The van der Waals surface area contributed by atoms with Crippen LogP contribution in [0.5, 0.6) is 0 Å². The Kier molecular flexibility index (Phi) is 5.80. The van der Waals surface area contributed by atoms with Gasteiger partial charge in [-0.05, 0) is 19.8 Å². The summed E-state index contributed by atoms with van der Waals surface area (Å²) in [7, 11) is -3.26. The molecule has 2 aliphatic rings. The lowest BCUT2D eigenvalue weighted by atomic mass is 10.2. The fourth-order valence-electron chi connectivity index (χ4n) is 2.96. The number of hydrogen-bond donors (Lipinski definition) is 1. The standard InChI is InChI=1S/C13H28N4O2S/c1-13(12-14)15-8-10-17(11-9-15)20(18,19)16-6-4-2-3-5-7-16/h13H,2-12,14H2,1H3. The molecule has 0 aromatic heterocycles. The predicted octanol–water partition coefficient (Wildman–Crippen LogP) is 0.0720. The van der Waals surface area contributed by atoms with Crippen molar-refractivity contribution in [3.63, 3.8) is 0 Å². The average Bonchev–Trinajstić information content (AvgIpc) is 2.76. The zero-order valence-corrected chi connectivity index (χ0v) is 13.3. The highest BCUT2D eigenvalue weighted by atomic mass is 32.2. The fraction of sp³-hybridized carbons (Fsp3) is 1.00. The van der Waals surface area contributed by atoms with Crippen LogP contribution in [0.4, 0.5) is 0 Å². The molecule has 0 amide bonds. The van der Waals surface area contributed by atoms with Gasteiger partial charge in [-0.2, -0.15) is 17.0 Å². The van der Waals surface area contributed by atoms with Crippen LogP contribution in [0.3, 0.4) is 0 Å². The maximum absolute atomic E-state index is 12.6. The number of nitrogens with two attached hydrogens (primary N) is 1. The summed E-state index contributed by atoms with van der Waals surface area (Å²) in [5.41, 5.74) is 5.68. The Hall–Kier alpha value is -0.210. The van der Waals surface area contributed by atoms with E-state index in [0.717, 1.165) is 38.8 Å². The normalized spacial score (nSPS) is 26.3. The van der Waals surface area contributed by atoms with Crippen LogP contribution in [0.2, 0.25) is 0 Å². The fourth-order valence-corrected chi connectivity index (χ4v) is 4.63. The molecule has 1 unspecified atom stereocenters. The third kappa shape index (κ3) is 3.71. The highest BCUT2D eigenvalue weighted by Gasteiger charge is 2.33. The maximum atomic E-state index is 12.6. The summed E-state index contributed by atoms with van der Waals surface area (Å²) in [6, 6.07) is 0.332. The Morgan fingerprint density at radius 2 is 1.40 bits per heavy atom. The van der Waals surface area contributed by atoms with Crippen LogP contribution in [0.15, 0.2) is 0 Å². The van der Waals surface area contributed by atoms with Gasteiger partial charge in [-0.25, -0.2) is 0 Å². The van der Waals surface area contributed by atoms with E-state index in [1.54, 1.807) is 8.61 Å². The lowest BCUT2D eigenvalue weighted by molar-refractivity contribution is 0.144. The molecule has 2 heterocycles. The van der Waals surface area contributed by atoms with E-state index >= 15 is 0 Å². The molecule has 20 heavy (non-hydrogen) atoms. The number of piperazine rings is 1. The first-order valence-corrected chi connectivity index (χ1v) is 9.14. The average molecular weight is 304 g/mol. The second-order valence-electron chi connectivity index (χ2n) is 5.84. The second-order valence-corrected chi connectivity index (χ2v) is 7.77. The Labute approximate surface area is 123 Å². The van der Waals surface area contributed by atoms with Gasteiger partial charge in [0, 0.05) is 51.9 Å². The first-order valence-electron chi connectivity index (χ1n) is 7.75. The van der Waals surface area contributed by atoms with Crippen molar-refractivity contribution in [2.45, 2.75) is 38.6 Å². The van der Waals surface area contributed by atoms with Gasteiger partial charge in [0.25, 0.3) is 10.2 Å². The smallest absolute Gasteiger partial charge is 0.282 e. The molecule has 2 saturated heterocycles. The van der Waals surface area contributed by atoms with E-state index in [1.807, 2.05) is 0 Å². The van der Waals surface area contributed by atoms with Crippen LogP contribution in [-0.2, 0) is 10.2 Å². The predicted molar refractivity (Wildman–Crippen MR) is 80.6 cm³/mol. The first kappa shape index (κ1) is 16.2. The van der Waals surface area contributed by atoms with Gasteiger partial charge in [0.05, 0.1) is 0 Å². The second kappa shape index (κ2) is 7.17. The van der Waals surface area contributed by atoms with Gasteiger partial charge in [0.15, 0.2) is 0 Å². The molecule has 2 rings (SSSR count). The minimum absolute atomic E-state index is 0.332. The summed E-state index contributed by atoms with van der Waals surface area (Å²) in [4.78, 5) is 2.27. The minimum Gasteiger partial charge on any atom is -0.329 e. The summed E-state index contributed by atoms with van der Waals surface area (Å²) in [5.74, 6) is 0. The van der Waals surface area contributed by atoms with E-state index in [9.17, 15) is 8.42 Å².